The molecule has 1 amide bonds. The number of carbonyl (C=O) groups is 3. The van der Waals surface area contributed by atoms with Crippen molar-refractivity contribution in [3.05, 3.63) is 0 Å². The topological polar surface area (TPSA) is 83.5 Å². The van der Waals surface area contributed by atoms with Gasteiger partial charge >= 0.3 is 5.97 Å². The third-order valence-corrected chi connectivity index (χ3v) is 2.98. The predicted molar refractivity (Wildman–Crippen MR) is 111 cm³/mol. The van der Waals surface area contributed by atoms with Crippen LogP contribution >= 0.6 is 0 Å². The molecule has 0 aromatic carbocycles. The van der Waals surface area contributed by atoms with E-state index in [1.54, 1.807) is 13.8 Å². The van der Waals surface area contributed by atoms with Crippen LogP contribution in [0.3, 0.4) is 0 Å². The van der Waals surface area contributed by atoms with Crippen molar-refractivity contribution < 1.29 is 19.5 Å². The van der Waals surface area contributed by atoms with Gasteiger partial charge in [-0.1, -0.05) is 76.2 Å². The Labute approximate surface area is 162 Å². The number of hydrogen-bond donors (Lipinski definition) is 2. The molecule has 1 atom stereocenters. The second-order valence-electron chi connectivity index (χ2n) is 7.23. The molecule has 0 spiro atoms. The number of rotatable bonds is 7. The molecular weight excluding hydrogens is 330 g/mol. The second kappa shape index (κ2) is 17.0. The highest BCUT2D eigenvalue weighted by Crippen LogP contribution is 2.33. The Balaban J connectivity index is -0.000000362. The summed E-state index contributed by atoms with van der Waals surface area (Å²) in [6.07, 6.45) is 0.920. The van der Waals surface area contributed by atoms with Crippen LogP contribution in [-0.4, -0.2) is 28.8 Å². The Hall–Kier alpha value is -1.39. The molecule has 1 unspecified atom stereocenters. The summed E-state index contributed by atoms with van der Waals surface area (Å²) < 4.78 is 0. The van der Waals surface area contributed by atoms with E-state index in [1.165, 1.54) is 6.92 Å². The van der Waals surface area contributed by atoms with E-state index in [9.17, 15) is 14.4 Å². The smallest absolute Gasteiger partial charge is 0.326 e. The fourth-order valence-electron chi connectivity index (χ4n) is 2.36. The number of carbonyl (C=O) groups excluding carboxylic acids is 2. The lowest BCUT2D eigenvalue weighted by molar-refractivity contribution is -0.144. The minimum absolute atomic E-state index is 0.0288. The molecule has 2 N–H and O–H groups in total. The van der Waals surface area contributed by atoms with Gasteiger partial charge in [0.25, 0.3) is 0 Å². The predicted octanol–water partition coefficient (Wildman–Crippen LogP) is 5.47. The summed E-state index contributed by atoms with van der Waals surface area (Å²) >= 11 is 0. The van der Waals surface area contributed by atoms with Gasteiger partial charge in [0.05, 0.1) is 0 Å². The minimum Gasteiger partial charge on any atom is -0.480 e. The number of nitrogens with one attached hydrogen (secondary N) is 1. The van der Waals surface area contributed by atoms with Crippen LogP contribution < -0.4 is 5.32 Å². The van der Waals surface area contributed by atoms with Gasteiger partial charge in [0.2, 0.25) is 5.91 Å². The van der Waals surface area contributed by atoms with E-state index in [4.69, 9.17) is 5.11 Å². The molecule has 5 heteroatoms. The SMILES string of the molecule is CC.CC.CC.CC(=O)CCC(NC(=O)C(C)(C)CC(C)(C)C)C(=O)O. The first-order valence-electron chi connectivity index (χ1n) is 9.88. The van der Waals surface area contributed by atoms with E-state index in [0.717, 1.165) is 0 Å². The van der Waals surface area contributed by atoms with Gasteiger partial charge in [-0.15, -0.1) is 0 Å². The molecular formula is C21H45NO4. The molecule has 0 aromatic heterocycles. The molecule has 0 aliphatic heterocycles. The first kappa shape index (κ1) is 32.3. The van der Waals surface area contributed by atoms with Crippen LogP contribution in [0.2, 0.25) is 0 Å². The molecule has 0 aliphatic rings. The van der Waals surface area contributed by atoms with Crippen molar-refractivity contribution in [1.29, 1.82) is 0 Å². The molecule has 0 aliphatic carbocycles. The molecule has 26 heavy (non-hydrogen) atoms. The van der Waals surface area contributed by atoms with Crippen molar-refractivity contribution in [3.8, 4) is 0 Å². The first-order valence-corrected chi connectivity index (χ1v) is 9.88. The van der Waals surface area contributed by atoms with Crippen molar-refractivity contribution >= 4 is 17.7 Å². The lowest BCUT2D eigenvalue weighted by Gasteiger charge is -2.32. The average molecular weight is 376 g/mol. The zero-order chi connectivity index (χ0) is 22.1. The van der Waals surface area contributed by atoms with E-state index in [-0.39, 0.29) is 29.9 Å². The molecule has 158 valence electrons. The van der Waals surface area contributed by atoms with Crippen LogP contribution in [0.4, 0.5) is 0 Å². The molecule has 0 rings (SSSR count). The van der Waals surface area contributed by atoms with Crippen LogP contribution in [-0.2, 0) is 14.4 Å². The lowest BCUT2D eigenvalue weighted by Crippen LogP contribution is -2.47. The Morgan fingerprint density at radius 3 is 1.54 bits per heavy atom. The molecule has 0 heterocycles. The van der Waals surface area contributed by atoms with Crippen LogP contribution in [0, 0.1) is 10.8 Å². The maximum atomic E-state index is 12.2. The summed E-state index contributed by atoms with van der Waals surface area (Å²) in [4.78, 5) is 34.3. The lowest BCUT2D eigenvalue weighted by atomic mass is 9.75. The van der Waals surface area contributed by atoms with Gasteiger partial charge in [-0.05, 0) is 25.2 Å². The molecule has 0 bridgehead atoms. The highest BCUT2D eigenvalue weighted by atomic mass is 16.4. The Kier molecular flexibility index (Phi) is 21.2. The summed E-state index contributed by atoms with van der Waals surface area (Å²) in [5.41, 5.74) is -0.679. The minimum atomic E-state index is -1.11. The molecule has 0 saturated carbocycles. The van der Waals surface area contributed by atoms with Crippen LogP contribution in [0.25, 0.3) is 0 Å². The number of Topliss-reactive ketones (excluding diaryl/α,β-unsaturated/α-hetero) is 1. The van der Waals surface area contributed by atoms with Gasteiger partial charge in [-0.2, -0.15) is 0 Å². The maximum absolute atomic E-state index is 12.2. The third kappa shape index (κ3) is 18.9. The summed E-state index contributed by atoms with van der Waals surface area (Å²) in [6.45, 7) is 23.1. The zero-order valence-corrected chi connectivity index (χ0v) is 19.4. The van der Waals surface area contributed by atoms with E-state index >= 15 is 0 Å². The fourth-order valence-corrected chi connectivity index (χ4v) is 2.36. The molecule has 0 fully saturated rings. The standard InChI is InChI=1S/C15H27NO4.3C2H6/c1-10(17)7-8-11(12(18)19)16-13(20)15(5,6)9-14(2,3)4;3*1-2/h11H,7-9H2,1-6H3,(H,16,20)(H,18,19);3*1-2H3. The first-order chi connectivity index (χ1) is 11.8. The number of hydrogen-bond acceptors (Lipinski definition) is 3. The quantitative estimate of drug-likeness (QED) is 0.618. The van der Waals surface area contributed by atoms with Crippen molar-refractivity contribution in [3.63, 3.8) is 0 Å². The summed E-state index contributed by atoms with van der Waals surface area (Å²) in [5, 5.41) is 11.7. The summed E-state index contributed by atoms with van der Waals surface area (Å²) in [7, 11) is 0. The Bertz CT molecular complexity index is 382. The Morgan fingerprint density at radius 1 is 0.885 bits per heavy atom. The van der Waals surface area contributed by atoms with Gasteiger partial charge in [0.15, 0.2) is 0 Å². The summed E-state index contributed by atoms with van der Waals surface area (Å²) in [5.74, 6) is -1.48. The van der Waals surface area contributed by atoms with Gasteiger partial charge < -0.3 is 15.2 Å². The largest absolute Gasteiger partial charge is 0.480 e. The van der Waals surface area contributed by atoms with Crippen molar-refractivity contribution in [2.75, 3.05) is 0 Å². The van der Waals surface area contributed by atoms with E-state index < -0.39 is 17.4 Å². The average Bonchev–Trinajstić information content (AvgIpc) is 2.54. The normalized spacial score (nSPS) is 11.2. The third-order valence-electron chi connectivity index (χ3n) is 2.98. The van der Waals surface area contributed by atoms with Crippen molar-refractivity contribution in [2.45, 2.75) is 108 Å². The number of carboxylic acids is 1. The molecule has 0 aromatic rings. The molecule has 0 radical (unpaired) electrons. The monoisotopic (exact) mass is 375 g/mol. The fraction of sp³-hybridized carbons (Fsp3) is 0.857. The number of carboxylic acid groups (broad SMARTS) is 1. The summed E-state index contributed by atoms with van der Waals surface area (Å²) in [6, 6.07) is -1.01. The number of ketones is 1. The maximum Gasteiger partial charge on any atom is 0.326 e. The molecule has 0 saturated heterocycles. The van der Waals surface area contributed by atoms with Crippen molar-refractivity contribution in [1.82, 2.24) is 5.32 Å². The number of amides is 1. The zero-order valence-electron chi connectivity index (χ0n) is 19.4. The van der Waals surface area contributed by atoms with Gasteiger partial charge in [-0.25, -0.2) is 4.79 Å². The van der Waals surface area contributed by atoms with E-state index in [1.807, 2.05) is 62.3 Å². The van der Waals surface area contributed by atoms with Gasteiger partial charge in [0.1, 0.15) is 11.8 Å². The second-order valence-corrected chi connectivity index (χ2v) is 7.23. The van der Waals surface area contributed by atoms with Crippen LogP contribution in [0.5, 0.6) is 0 Å². The highest BCUT2D eigenvalue weighted by Gasteiger charge is 2.34. The van der Waals surface area contributed by atoms with E-state index in [2.05, 4.69) is 5.32 Å². The molecule has 5 nitrogen and oxygen atoms in total. The van der Waals surface area contributed by atoms with Gasteiger partial charge in [0, 0.05) is 11.8 Å². The van der Waals surface area contributed by atoms with Crippen LogP contribution in [0.15, 0.2) is 0 Å². The number of aliphatic carboxylic acids is 1. The van der Waals surface area contributed by atoms with Gasteiger partial charge in [-0.3, -0.25) is 4.79 Å². The highest BCUT2D eigenvalue weighted by molar-refractivity contribution is 5.87. The van der Waals surface area contributed by atoms with Crippen molar-refractivity contribution in [2.24, 2.45) is 10.8 Å². The Morgan fingerprint density at radius 2 is 1.27 bits per heavy atom. The van der Waals surface area contributed by atoms with E-state index in [0.29, 0.717) is 6.42 Å². The van der Waals surface area contributed by atoms with Crippen LogP contribution in [0.1, 0.15) is 102 Å².